The van der Waals surface area contributed by atoms with Gasteiger partial charge in [-0.25, -0.2) is 22.8 Å². The zero-order valence-corrected chi connectivity index (χ0v) is 21.5. The Balaban J connectivity index is 1.79. The smallest absolute Gasteiger partial charge is 0.276 e. The van der Waals surface area contributed by atoms with Crippen LogP contribution in [-0.2, 0) is 22.9 Å². The van der Waals surface area contributed by atoms with Gasteiger partial charge in [0.05, 0.1) is 30.4 Å². The molecular weight excluding hydrogens is 495 g/mol. The molecule has 8 nitrogen and oxygen atoms in total. The second kappa shape index (κ2) is 10.9. The number of furan rings is 1. The lowest BCUT2D eigenvalue weighted by molar-refractivity contribution is 0.102. The van der Waals surface area contributed by atoms with Crippen LogP contribution in [0.1, 0.15) is 39.9 Å². The van der Waals surface area contributed by atoms with E-state index in [1.54, 1.807) is 35.2 Å². The van der Waals surface area contributed by atoms with Crippen LogP contribution >= 0.6 is 0 Å². The van der Waals surface area contributed by atoms with Crippen molar-refractivity contribution >= 4 is 27.1 Å². The van der Waals surface area contributed by atoms with Crippen molar-refractivity contribution in [3.8, 4) is 0 Å². The van der Waals surface area contributed by atoms with Gasteiger partial charge >= 0.3 is 0 Å². The molecule has 0 aliphatic rings. The standard InChI is InChI=1S/C27H27FN4O4S/c1-4-37(34,35)27-29-15-24(25(31-27)26(33)30-22-12-7-18(2)19(3)14-22)32(17-23-6-5-13-36-23)16-20-8-10-21(28)11-9-20/h5-15H,4,16-17H2,1-3H3,(H,30,33). The number of sulfone groups is 1. The van der Waals surface area contributed by atoms with E-state index >= 15 is 0 Å². The third-order valence-electron chi connectivity index (χ3n) is 5.94. The number of anilines is 2. The average molecular weight is 523 g/mol. The fourth-order valence-corrected chi connectivity index (χ4v) is 4.38. The van der Waals surface area contributed by atoms with Gasteiger partial charge in [-0.15, -0.1) is 0 Å². The number of benzene rings is 2. The Bertz CT molecular complexity index is 1500. The lowest BCUT2D eigenvalue weighted by Gasteiger charge is -2.25. The zero-order chi connectivity index (χ0) is 26.6. The van der Waals surface area contributed by atoms with Gasteiger partial charge < -0.3 is 14.6 Å². The Hall–Kier alpha value is -4.05. The van der Waals surface area contributed by atoms with Crippen LogP contribution in [-0.4, -0.2) is 30.0 Å². The molecule has 0 atom stereocenters. The van der Waals surface area contributed by atoms with E-state index in [0.717, 1.165) is 16.7 Å². The molecule has 0 aliphatic heterocycles. The van der Waals surface area contributed by atoms with Crippen LogP contribution in [0.3, 0.4) is 0 Å². The maximum Gasteiger partial charge on any atom is 0.276 e. The summed E-state index contributed by atoms with van der Waals surface area (Å²) >= 11 is 0. The summed E-state index contributed by atoms with van der Waals surface area (Å²) in [5, 5.41) is 2.40. The first-order valence-corrected chi connectivity index (χ1v) is 13.3. The number of nitrogens with one attached hydrogen (secondary N) is 1. The Morgan fingerprint density at radius 2 is 1.81 bits per heavy atom. The van der Waals surface area contributed by atoms with Gasteiger partial charge in [0.15, 0.2) is 5.69 Å². The highest BCUT2D eigenvalue weighted by atomic mass is 32.2. The molecule has 0 spiro atoms. The van der Waals surface area contributed by atoms with Gasteiger partial charge in [-0.3, -0.25) is 4.79 Å². The number of aryl methyl sites for hydroxylation is 2. The van der Waals surface area contributed by atoms with Gasteiger partial charge in [-0.05, 0) is 66.9 Å². The monoisotopic (exact) mass is 522 g/mol. The van der Waals surface area contributed by atoms with Gasteiger partial charge in [0.1, 0.15) is 11.6 Å². The number of hydrogen-bond acceptors (Lipinski definition) is 7. The molecular formula is C27H27FN4O4S. The molecule has 37 heavy (non-hydrogen) atoms. The number of nitrogens with zero attached hydrogens (tertiary/aromatic N) is 3. The van der Waals surface area contributed by atoms with E-state index in [0.29, 0.717) is 17.1 Å². The third kappa shape index (κ3) is 6.21. The van der Waals surface area contributed by atoms with Gasteiger partial charge in [-0.1, -0.05) is 25.1 Å². The Labute approximate surface area is 215 Å². The maximum atomic E-state index is 13.5. The number of rotatable bonds is 9. The predicted molar refractivity (Wildman–Crippen MR) is 139 cm³/mol. The molecule has 0 saturated carbocycles. The van der Waals surface area contributed by atoms with Crippen molar-refractivity contribution in [2.75, 3.05) is 16.0 Å². The second-order valence-corrected chi connectivity index (χ2v) is 10.8. The maximum absolute atomic E-state index is 13.5. The van der Waals surface area contributed by atoms with Crippen LogP contribution < -0.4 is 10.2 Å². The molecule has 192 valence electrons. The Morgan fingerprint density at radius 1 is 1.05 bits per heavy atom. The van der Waals surface area contributed by atoms with E-state index in [-0.39, 0.29) is 30.4 Å². The molecule has 2 aromatic carbocycles. The second-order valence-electron chi connectivity index (χ2n) is 8.60. The van der Waals surface area contributed by atoms with Crippen molar-refractivity contribution in [1.82, 2.24) is 9.97 Å². The molecule has 2 heterocycles. The molecule has 1 amide bonds. The van der Waals surface area contributed by atoms with Crippen LogP contribution in [0, 0.1) is 19.7 Å². The lowest BCUT2D eigenvalue weighted by atomic mass is 10.1. The summed E-state index contributed by atoms with van der Waals surface area (Å²) in [6.45, 7) is 5.87. The summed E-state index contributed by atoms with van der Waals surface area (Å²) < 4.78 is 44.1. The van der Waals surface area contributed by atoms with E-state index in [1.165, 1.54) is 31.5 Å². The first-order chi connectivity index (χ1) is 17.7. The fraction of sp³-hybridized carbons (Fsp3) is 0.222. The summed E-state index contributed by atoms with van der Waals surface area (Å²) in [7, 11) is -3.78. The molecule has 0 bridgehead atoms. The molecule has 0 fully saturated rings. The zero-order valence-electron chi connectivity index (χ0n) is 20.7. The van der Waals surface area contributed by atoms with Crippen molar-refractivity contribution in [3.63, 3.8) is 0 Å². The van der Waals surface area contributed by atoms with Gasteiger partial charge in [-0.2, -0.15) is 0 Å². The molecule has 2 aromatic heterocycles. The number of carbonyl (C=O) groups excluding carboxylic acids is 1. The molecule has 0 radical (unpaired) electrons. The minimum absolute atomic E-state index is 0.103. The predicted octanol–water partition coefficient (Wildman–Crippen LogP) is 5.08. The SMILES string of the molecule is CCS(=O)(=O)c1ncc(N(Cc2ccc(F)cc2)Cc2ccco2)c(C(=O)Nc2ccc(C)c(C)c2)n1. The largest absolute Gasteiger partial charge is 0.467 e. The van der Waals surface area contributed by atoms with Gasteiger partial charge in [0.2, 0.25) is 15.0 Å². The highest BCUT2D eigenvalue weighted by Crippen LogP contribution is 2.26. The van der Waals surface area contributed by atoms with Crippen molar-refractivity contribution in [3.05, 3.63) is 101 Å². The van der Waals surface area contributed by atoms with E-state index in [2.05, 4.69) is 15.3 Å². The number of halogens is 1. The van der Waals surface area contributed by atoms with Gasteiger partial charge in [0, 0.05) is 12.2 Å². The minimum Gasteiger partial charge on any atom is -0.467 e. The minimum atomic E-state index is -3.78. The molecule has 4 aromatic rings. The van der Waals surface area contributed by atoms with Crippen molar-refractivity contribution in [2.45, 2.75) is 39.0 Å². The van der Waals surface area contributed by atoms with Crippen molar-refractivity contribution in [2.24, 2.45) is 0 Å². The summed E-state index contributed by atoms with van der Waals surface area (Å²) in [6, 6.07) is 15.0. The van der Waals surface area contributed by atoms with E-state index in [4.69, 9.17) is 4.42 Å². The highest BCUT2D eigenvalue weighted by Gasteiger charge is 2.25. The summed E-state index contributed by atoms with van der Waals surface area (Å²) in [5.41, 5.74) is 3.57. The molecule has 0 aliphatic carbocycles. The Kier molecular flexibility index (Phi) is 7.68. The average Bonchev–Trinajstić information content (AvgIpc) is 3.40. The number of hydrogen-bond donors (Lipinski definition) is 1. The first-order valence-electron chi connectivity index (χ1n) is 11.7. The molecule has 1 N–H and O–H groups in total. The van der Waals surface area contributed by atoms with Crippen LogP contribution in [0.15, 0.2) is 76.6 Å². The third-order valence-corrected chi connectivity index (χ3v) is 7.45. The summed E-state index contributed by atoms with van der Waals surface area (Å²) in [4.78, 5) is 23.6. The van der Waals surface area contributed by atoms with Crippen LogP contribution in [0.2, 0.25) is 0 Å². The fourth-order valence-electron chi connectivity index (χ4n) is 3.67. The first kappa shape index (κ1) is 26.0. The topological polar surface area (TPSA) is 105 Å². The molecule has 0 unspecified atom stereocenters. The summed E-state index contributed by atoms with van der Waals surface area (Å²) in [6.07, 6.45) is 2.86. The molecule has 4 rings (SSSR count). The van der Waals surface area contributed by atoms with E-state index < -0.39 is 20.9 Å². The van der Waals surface area contributed by atoms with E-state index in [1.807, 2.05) is 26.0 Å². The van der Waals surface area contributed by atoms with Crippen molar-refractivity contribution in [1.29, 1.82) is 0 Å². The van der Waals surface area contributed by atoms with Crippen LogP contribution in [0.5, 0.6) is 0 Å². The quantitative estimate of drug-likeness (QED) is 0.306. The number of amides is 1. The van der Waals surface area contributed by atoms with Crippen molar-refractivity contribution < 1.29 is 22.0 Å². The van der Waals surface area contributed by atoms with Crippen LogP contribution in [0.4, 0.5) is 15.8 Å². The summed E-state index contributed by atoms with van der Waals surface area (Å²) in [5.74, 6) is -0.562. The van der Waals surface area contributed by atoms with E-state index in [9.17, 15) is 17.6 Å². The van der Waals surface area contributed by atoms with Gasteiger partial charge in [0.25, 0.3) is 5.91 Å². The van der Waals surface area contributed by atoms with Crippen LogP contribution in [0.25, 0.3) is 0 Å². The normalized spacial score (nSPS) is 11.4. The lowest BCUT2D eigenvalue weighted by Crippen LogP contribution is -2.27. The molecule has 0 saturated heterocycles. The highest BCUT2D eigenvalue weighted by molar-refractivity contribution is 7.91. The Morgan fingerprint density at radius 3 is 2.46 bits per heavy atom. The number of aromatic nitrogens is 2. The number of carbonyl (C=O) groups is 1. The molecule has 10 heteroatoms.